The first-order chi connectivity index (χ1) is 24.3. The molecule has 0 rings (SSSR count). The lowest BCUT2D eigenvalue weighted by Gasteiger charge is -2.25. The van der Waals surface area contributed by atoms with E-state index >= 15 is 0 Å². The van der Waals surface area contributed by atoms with E-state index in [9.17, 15) is 9.13 Å². The van der Waals surface area contributed by atoms with Crippen LogP contribution in [0.1, 0.15) is 104 Å². The minimum atomic E-state index is -3.27. The van der Waals surface area contributed by atoms with Crippen molar-refractivity contribution in [2.45, 2.75) is 104 Å². The lowest BCUT2D eigenvalue weighted by atomic mass is 10.2. The summed E-state index contributed by atoms with van der Waals surface area (Å²) in [4.78, 5) is 4.51. The fourth-order valence-electron chi connectivity index (χ4n) is 5.08. The summed E-state index contributed by atoms with van der Waals surface area (Å²) in [6.45, 7) is 12.8. The first-order valence-corrected chi connectivity index (χ1v) is 23.1. The second-order valence-corrected chi connectivity index (χ2v) is 17.1. The predicted molar refractivity (Wildman–Crippen MR) is 212 cm³/mol. The van der Waals surface area contributed by atoms with E-state index in [0.29, 0.717) is 90.9 Å². The number of rotatable bonds is 39. The van der Waals surface area contributed by atoms with Gasteiger partial charge in [0.05, 0.1) is 38.8 Å². The fourth-order valence-corrected chi connectivity index (χ4v) is 8.38. The summed E-state index contributed by atoms with van der Waals surface area (Å²) < 4.78 is 51.3. The minimum absolute atomic E-state index is 0.341. The highest BCUT2D eigenvalue weighted by Crippen LogP contribution is 2.49. The molecule has 0 radical (unpaired) electrons. The third-order valence-electron chi connectivity index (χ3n) is 8.10. The Kier molecular flexibility index (Phi) is 35.2. The quantitative estimate of drug-likeness (QED) is 0.0305. The smallest absolute Gasteiger partial charge is 0.330 e. The molecule has 0 aliphatic heterocycles. The first-order valence-electron chi connectivity index (χ1n) is 19.6. The van der Waals surface area contributed by atoms with Crippen molar-refractivity contribution >= 4 is 15.2 Å². The summed E-state index contributed by atoms with van der Waals surface area (Å²) in [6, 6.07) is 0. The highest BCUT2D eigenvalue weighted by molar-refractivity contribution is 7.54. The molecule has 0 aromatic heterocycles. The molecule has 0 aliphatic carbocycles. The lowest BCUT2D eigenvalue weighted by molar-refractivity contribution is 0.190. The van der Waals surface area contributed by atoms with Gasteiger partial charge in [-0.15, -0.1) is 0 Å². The summed E-state index contributed by atoms with van der Waals surface area (Å²) in [7, 11) is -6.53. The average Bonchev–Trinajstić information content (AvgIpc) is 3.12. The number of hydrogen-bond donors (Lipinski definition) is 4. The highest BCUT2D eigenvalue weighted by atomic mass is 31.2. The Bertz CT molecular complexity index is 815. The molecule has 2 unspecified atom stereocenters. The maximum Gasteiger partial charge on any atom is 0.331 e. The van der Waals surface area contributed by atoms with Crippen LogP contribution in [-0.4, -0.2) is 114 Å². The Hall–Kier alpha value is -0.460. The van der Waals surface area contributed by atoms with E-state index in [4.69, 9.17) is 41.0 Å². The van der Waals surface area contributed by atoms with Crippen LogP contribution in [0.5, 0.6) is 0 Å². The molecule has 8 N–H and O–H groups in total. The molecule has 0 amide bonds. The lowest BCUT2D eigenvalue weighted by Crippen LogP contribution is -2.31. The van der Waals surface area contributed by atoms with Crippen LogP contribution in [-0.2, 0) is 27.2 Å². The molecule has 0 aromatic rings. The van der Waals surface area contributed by atoms with Gasteiger partial charge in [0.15, 0.2) is 0 Å². The van der Waals surface area contributed by atoms with Gasteiger partial charge < -0.3 is 50.8 Å². The summed E-state index contributed by atoms with van der Waals surface area (Å²) in [5.41, 5.74) is 23.0. The third kappa shape index (κ3) is 30.0. The average molecular weight is 753 g/mol. The van der Waals surface area contributed by atoms with Crippen molar-refractivity contribution in [3.8, 4) is 0 Å². The Morgan fingerprint density at radius 2 is 0.760 bits per heavy atom. The molecular weight excluding hydrogens is 674 g/mol. The maximum absolute atomic E-state index is 13.8. The van der Waals surface area contributed by atoms with Crippen molar-refractivity contribution in [2.75, 3.05) is 104 Å². The number of unbranched alkanes of at least 4 members (excludes halogenated alkanes) is 5. The summed E-state index contributed by atoms with van der Waals surface area (Å²) >= 11 is 0. The summed E-state index contributed by atoms with van der Waals surface area (Å²) in [6.07, 6.45) is 21.6. The number of allylic oxidation sites excluding steroid dienone is 2. The Morgan fingerprint density at radius 3 is 1.08 bits per heavy atom. The molecule has 0 bridgehead atoms. The Labute approximate surface area is 306 Å². The van der Waals surface area contributed by atoms with Gasteiger partial charge in [0, 0.05) is 13.1 Å². The van der Waals surface area contributed by atoms with Gasteiger partial charge in [-0.25, -0.2) is 0 Å². The van der Waals surface area contributed by atoms with Gasteiger partial charge in [-0.1, -0.05) is 63.8 Å². The maximum atomic E-state index is 13.8. The van der Waals surface area contributed by atoms with E-state index in [1.807, 2.05) is 0 Å². The van der Waals surface area contributed by atoms with Crippen molar-refractivity contribution in [2.24, 2.45) is 22.9 Å². The van der Waals surface area contributed by atoms with E-state index in [1.54, 1.807) is 0 Å². The van der Waals surface area contributed by atoms with Crippen molar-refractivity contribution in [1.82, 2.24) is 9.80 Å². The summed E-state index contributed by atoms with van der Waals surface area (Å²) in [5, 5.41) is 0. The molecule has 2 atom stereocenters. The molecule has 0 saturated heterocycles. The monoisotopic (exact) mass is 753 g/mol. The van der Waals surface area contributed by atoms with Crippen LogP contribution in [0.4, 0.5) is 0 Å². The van der Waals surface area contributed by atoms with Gasteiger partial charge in [-0.3, -0.25) is 9.13 Å². The van der Waals surface area contributed by atoms with Gasteiger partial charge in [-0.05, 0) is 117 Å². The largest absolute Gasteiger partial charge is 0.331 e. The number of nitrogens with zero attached hydrogens (tertiary/aromatic N) is 2. The minimum Gasteiger partial charge on any atom is -0.330 e. The van der Waals surface area contributed by atoms with Crippen LogP contribution in [0, 0.1) is 0 Å². The molecule has 0 fully saturated rings. The second kappa shape index (κ2) is 35.6. The van der Waals surface area contributed by atoms with Crippen LogP contribution in [0.15, 0.2) is 24.3 Å². The van der Waals surface area contributed by atoms with Crippen molar-refractivity contribution in [3.63, 3.8) is 0 Å². The molecule has 0 saturated carbocycles. The Morgan fingerprint density at radius 1 is 0.440 bits per heavy atom. The van der Waals surface area contributed by atoms with Gasteiger partial charge in [0.2, 0.25) is 0 Å². The molecular formula is C36H78N6O6P2. The van der Waals surface area contributed by atoms with Crippen molar-refractivity contribution in [3.05, 3.63) is 24.3 Å². The molecule has 0 heterocycles. The molecule has 50 heavy (non-hydrogen) atoms. The predicted octanol–water partition coefficient (Wildman–Crippen LogP) is 6.49. The van der Waals surface area contributed by atoms with Gasteiger partial charge in [0.1, 0.15) is 0 Å². The van der Waals surface area contributed by atoms with Gasteiger partial charge in [-0.2, -0.15) is 0 Å². The number of hydrogen-bond acceptors (Lipinski definition) is 12. The molecule has 298 valence electrons. The Balaban J connectivity index is 4.95. The zero-order valence-electron chi connectivity index (χ0n) is 32.1. The highest BCUT2D eigenvalue weighted by Gasteiger charge is 2.26. The fraction of sp³-hybridized carbons (Fsp3) is 0.889. The zero-order chi connectivity index (χ0) is 37.0. The van der Waals surface area contributed by atoms with E-state index < -0.39 is 15.2 Å². The van der Waals surface area contributed by atoms with Crippen molar-refractivity contribution < 1.29 is 27.2 Å². The van der Waals surface area contributed by atoms with E-state index in [0.717, 1.165) is 103 Å². The first kappa shape index (κ1) is 49.5. The van der Waals surface area contributed by atoms with Gasteiger partial charge in [0.25, 0.3) is 0 Å². The van der Waals surface area contributed by atoms with Crippen LogP contribution in [0.25, 0.3) is 0 Å². The topological polar surface area (TPSA) is 182 Å². The van der Waals surface area contributed by atoms with Gasteiger partial charge >= 0.3 is 15.2 Å². The molecule has 0 aromatic carbocycles. The third-order valence-corrected chi connectivity index (χ3v) is 11.9. The standard InChI is InChI=1S/C36H78N6O6P2/c1-3-5-7-9-13-31-45-49(43,35-29-41(25-17-21-37)26-18-22-38)47-33-15-11-12-16-34-48-50(44,46-32-14-10-8-6-4-2)36-30-42(27-19-23-39)28-20-24-40/h7-10H,3-6,11-40H2,1-2H3/b9-7-,10-8-. The van der Waals surface area contributed by atoms with Crippen molar-refractivity contribution in [1.29, 1.82) is 0 Å². The molecule has 0 aliphatic rings. The van der Waals surface area contributed by atoms with E-state index in [-0.39, 0.29) is 0 Å². The summed E-state index contributed by atoms with van der Waals surface area (Å²) in [5.74, 6) is 0. The zero-order valence-corrected chi connectivity index (χ0v) is 33.9. The SMILES string of the molecule is CCC/C=C\CCOP(=O)(CCN(CCCN)CCCN)OCCCCCCOP(=O)(CCN(CCCN)CCCN)OCC/C=C\CCC. The van der Waals surface area contributed by atoms with E-state index in [1.165, 1.54) is 0 Å². The van der Waals surface area contributed by atoms with Crippen LogP contribution in [0.3, 0.4) is 0 Å². The van der Waals surface area contributed by atoms with Crippen LogP contribution in [0.2, 0.25) is 0 Å². The number of nitrogens with two attached hydrogens (primary N) is 4. The van der Waals surface area contributed by atoms with E-state index in [2.05, 4.69) is 48.0 Å². The molecule has 14 heteroatoms. The van der Waals surface area contributed by atoms with Crippen LogP contribution < -0.4 is 22.9 Å². The molecule has 0 spiro atoms. The molecule has 12 nitrogen and oxygen atoms in total. The second-order valence-electron chi connectivity index (χ2n) is 12.8. The van der Waals surface area contributed by atoms with Crippen LogP contribution >= 0.6 is 15.2 Å². The normalized spacial score (nSPS) is 14.8.